The number of rotatable bonds is 6. The smallest absolute Gasteiger partial charge is 0.323 e. The summed E-state index contributed by atoms with van der Waals surface area (Å²) in [5.41, 5.74) is 2.47. The first-order valence-electron chi connectivity index (χ1n) is 8.00. The van der Waals surface area contributed by atoms with Crippen molar-refractivity contribution in [2.75, 3.05) is 17.2 Å². The van der Waals surface area contributed by atoms with E-state index in [4.69, 9.17) is 5.11 Å². The number of hydrogen-bond donors (Lipinski definition) is 3. The van der Waals surface area contributed by atoms with Crippen molar-refractivity contribution in [3.8, 4) is 0 Å². The quantitative estimate of drug-likeness (QED) is 0.651. The van der Waals surface area contributed by atoms with E-state index < -0.39 is 0 Å². The number of urea groups is 1. The molecule has 2 heterocycles. The first-order chi connectivity index (χ1) is 11.7. The van der Waals surface area contributed by atoms with Crippen molar-refractivity contribution in [3.05, 3.63) is 42.9 Å². The standard InChI is InChI=1S/C17H21N5O2/c1-2-6-21-7-5-13-10-14(3-4-16(13)21)19-17(24)20-15-11-18-22(12-15)8-9-23/h3-5,7,10-12,23H,2,6,8-9H2,1H3,(H2,19,20,24). The van der Waals surface area contributed by atoms with Crippen LogP contribution in [-0.2, 0) is 13.1 Å². The number of benzene rings is 1. The fraction of sp³-hybridized carbons (Fsp3) is 0.294. The largest absolute Gasteiger partial charge is 0.394 e. The number of amides is 2. The molecule has 0 atom stereocenters. The number of aliphatic hydroxyl groups excluding tert-OH is 1. The van der Waals surface area contributed by atoms with Gasteiger partial charge in [-0.25, -0.2) is 4.79 Å². The number of hydrogen-bond acceptors (Lipinski definition) is 3. The topological polar surface area (TPSA) is 84.1 Å². The van der Waals surface area contributed by atoms with Gasteiger partial charge in [-0.05, 0) is 30.7 Å². The third kappa shape index (κ3) is 3.57. The number of aryl methyl sites for hydroxylation is 1. The number of aromatic nitrogens is 3. The van der Waals surface area contributed by atoms with E-state index in [1.165, 1.54) is 0 Å². The van der Waals surface area contributed by atoms with Gasteiger partial charge in [-0.2, -0.15) is 5.10 Å². The van der Waals surface area contributed by atoms with Crippen LogP contribution in [0.5, 0.6) is 0 Å². The predicted molar refractivity (Wildman–Crippen MR) is 94.2 cm³/mol. The number of anilines is 2. The molecule has 0 radical (unpaired) electrons. The molecule has 0 saturated heterocycles. The molecule has 2 amide bonds. The Bertz CT molecular complexity index is 836. The zero-order valence-electron chi connectivity index (χ0n) is 13.6. The van der Waals surface area contributed by atoms with Gasteiger partial charge < -0.3 is 20.3 Å². The van der Waals surface area contributed by atoms with E-state index in [1.54, 1.807) is 17.1 Å². The summed E-state index contributed by atoms with van der Waals surface area (Å²) in [6, 6.07) is 7.58. The van der Waals surface area contributed by atoms with E-state index >= 15 is 0 Å². The van der Waals surface area contributed by atoms with Crippen LogP contribution >= 0.6 is 0 Å². The van der Waals surface area contributed by atoms with E-state index in [-0.39, 0.29) is 12.6 Å². The predicted octanol–water partition coefficient (Wildman–Crippen LogP) is 2.88. The molecule has 0 aliphatic carbocycles. The van der Waals surface area contributed by atoms with Crippen molar-refractivity contribution in [2.24, 2.45) is 0 Å². The van der Waals surface area contributed by atoms with E-state index in [1.807, 2.05) is 24.3 Å². The first kappa shape index (κ1) is 16.1. The molecule has 7 heteroatoms. The third-order valence-corrected chi connectivity index (χ3v) is 3.71. The maximum Gasteiger partial charge on any atom is 0.323 e. The highest BCUT2D eigenvalue weighted by atomic mass is 16.3. The molecule has 1 aromatic carbocycles. The lowest BCUT2D eigenvalue weighted by atomic mass is 10.2. The summed E-state index contributed by atoms with van der Waals surface area (Å²) in [7, 11) is 0. The van der Waals surface area contributed by atoms with Crippen LogP contribution in [0.4, 0.5) is 16.2 Å². The number of nitrogens with one attached hydrogen (secondary N) is 2. The fourth-order valence-electron chi connectivity index (χ4n) is 2.66. The Kier molecular flexibility index (Phi) is 4.81. The van der Waals surface area contributed by atoms with Crippen molar-refractivity contribution in [1.82, 2.24) is 14.3 Å². The zero-order chi connectivity index (χ0) is 16.9. The summed E-state index contributed by atoms with van der Waals surface area (Å²) in [4.78, 5) is 12.1. The van der Waals surface area contributed by atoms with Gasteiger partial charge in [0.25, 0.3) is 0 Å². The molecule has 0 fully saturated rings. The molecule has 0 aliphatic rings. The average Bonchev–Trinajstić information content (AvgIpc) is 3.15. The molecule has 0 aliphatic heterocycles. The number of aliphatic hydroxyl groups is 1. The van der Waals surface area contributed by atoms with Gasteiger partial charge in [-0.1, -0.05) is 6.92 Å². The van der Waals surface area contributed by atoms with Crippen LogP contribution in [0.25, 0.3) is 10.9 Å². The van der Waals surface area contributed by atoms with Crippen molar-refractivity contribution < 1.29 is 9.90 Å². The summed E-state index contributed by atoms with van der Waals surface area (Å²) in [5.74, 6) is 0. The third-order valence-electron chi connectivity index (χ3n) is 3.71. The van der Waals surface area contributed by atoms with Gasteiger partial charge in [0.15, 0.2) is 0 Å². The molecule has 3 aromatic rings. The average molecular weight is 327 g/mol. The minimum absolute atomic E-state index is 0.00497. The molecule has 126 valence electrons. The lowest BCUT2D eigenvalue weighted by Gasteiger charge is -2.07. The van der Waals surface area contributed by atoms with Crippen LogP contribution in [0, 0.1) is 0 Å². The molecule has 0 unspecified atom stereocenters. The lowest BCUT2D eigenvalue weighted by Crippen LogP contribution is -2.19. The van der Waals surface area contributed by atoms with Crippen LogP contribution in [0.15, 0.2) is 42.9 Å². The molecule has 0 spiro atoms. The number of carbonyl (C=O) groups excluding carboxylic acids is 1. The minimum atomic E-state index is -0.328. The molecule has 0 bridgehead atoms. The Morgan fingerprint density at radius 2 is 2.04 bits per heavy atom. The first-order valence-corrected chi connectivity index (χ1v) is 8.00. The Morgan fingerprint density at radius 1 is 1.21 bits per heavy atom. The monoisotopic (exact) mass is 327 g/mol. The van der Waals surface area contributed by atoms with Gasteiger partial charge in [-0.3, -0.25) is 4.68 Å². The number of carbonyl (C=O) groups is 1. The molecular weight excluding hydrogens is 306 g/mol. The van der Waals surface area contributed by atoms with Gasteiger partial charge in [0.05, 0.1) is 25.0 Å². The highest BCUT2D eigenvalue weighted by molar-refractivity contribution is 6.00. The van der Waals surface area contributed by atoms with Crippen LogP contribution in [0.2, 0.25) is 0 Å². The molecule has 2 aromatic heterocycles. The van der Waals surface area contributed by atoms with Crippen LogP contribution < -0.4 is 10.6 Å². The van der Waals surface area contributed by atoms with Crippen LogP contribution in [-0.4, -0.2) is 32.1 Å². The maximum atomic E-state index is 12.1. The highest BCUT2D eigenvalue weighted by Crippen LogP contribution is 2.21. The number of nitrogens with zero attached hydrogens (tertiary/aromatic N) is 3. The normalized spacial score (nSPS) is 10.9. The van der Waals surface area contributed by atoms with E-state index in [9.17, 15) is 4.79 Å². The van der Waals surface area contributed by atoms with E-state index in [0.29, 0.717) is 12.2 Å². The van der Waals surface area contributed by atoms with Crippen molar-refractivity contribution in [2.45, 2.75) is 26.4 Å². The van der Waals surface area contributed by atoms with Gasteiger partial charge in [0.2, 0.25) is 0 Å². The molecule has 3 rings (SSSR count). The SMILES string of the molecule is CCCn1ccc2cc(NC(=O)Nc3cnn(CCO)c3)ccc21. The fourth-order valence-corrected chi connectivity index (χ4v) is 2.66. The number of fused-ring (bicyclic) bond motifs is 1. The van der Waals surface area contributed by atoms with Crippen LogP contribution in [0.1, 0.15) is 13.3 Å². The van der Waals surface area contributed by atoms with Crippen molar-refractivity contribution >= 4 is 28.3 Å². The minimum Gasteiger partial charge on any atom is -0.394 e. The summed E-state index contributed by atoms with van der Waals surface area (Å²) < 4.78 is 3.77. The Hall–Kier alpha value is -2.80. The highest BCUT2D eigenvalue weighted by Gasteiger charge is 2.07. The lowest BCUT2D eigenvalue weighted by molar-refractivity contribution is 0.262. The summed E-state index contributed by atoms with van der Waals surface area (Å²) in [6.45, 7) is 3.53. The second-order valence-corrected chi connectivity index (χ2v) is 5.58. The molecule has 3 N–H and O–H groups in total. The molecule has 24 heavy (non-hydrogen) atoms. The van der Waals surface area contributed by atoms with Crippen LogP contribution in [0.3, 0.4) is 0 Å². The van der Waals surface area contributed by atoms with Crippen molar-refractivity contribution in [1.29, 1.82) is 0 Å². The van der Waals surface area contributed by atoms with E-state index in [2.05, 4.69) is 33.4 Å². The Balaban J connectivity index is 1.66. The van der Waals surface area contributed by atoms with Gasteiger partial charge >= 0.3 is 6.03 Å². The van der Waals surface area contributed by atoms with Gasteiger partial charge in [-0.15, -0.1) is 0 Å². The molecular formula is C17H21N5O2. The van der Waals surface area contributed by atoms with Gasteiger partial charge in [0.1, 0.15) is 0 Å². The second-order valence-electron chi connectivity index (χ2n) is 5.58. The second kappa shape index (κ2) is 7.18. The summed E-state index contributed by atoms with van der Waals surface area (Å²) >= 11 is 0. The Morgan fingerprint density at radius 3 is 2.83 bits per heavy atom. The van der Waals surface area contributed by atoms with Gasteiger partial charge in [0, 0.05) is 35.5 Å². The summed E-state index contributed by atoms with van der Waals surface area (Å²) in [6.07, 6.45) is 6.36. The molecule has 7 nitrogen and oxygen atoms in total. The summed E-state index contributed by atoms with van der Waals surface area (Å²) in [5, 5.41) is 19.5. The van der Waals surface area contributed by atoms with Crippen molar-refractivity contribution in [3.63, 3.8) is 0 Å². The maximum absolute atomic E-state index is 12.1. The Labute approximate surface area is 139 Å². The van der Waals surface area contributed by atoms with E-state index in [0.717, 1.165) is 29.6 Å². The molecule has 0 saturated carbocycles. The zero-order valence-corrected chi connectivity index (χ0v) is 13.6.